The highest BCUT2D eigenvalue weighted by atomic mass is 16.8. The van der Waals surface area contributed by atoms with Gasteiger partial charge in [-0.1, -0.05) is 121 Å². The number of benzene rings is 6. The minimum atomic E-state index is -0.701. The Kier molecular flexibility index (Phi) is 11.0. The van der Waals surface area contributed by atoms with Gasteiger partial charge >= 0.3 is 0 Å². The molecule has 1 aliphatic rings. The second-order valence-corrected chi connectivity index (χ2v) is 12.4. The summed E-state index contributed by atoms with van der Waals surface area (Å²) in [5, 5.41) is 0. The molecule has 252 valence electrons. The van der Waals surface area contributed by atoms with Gasteiger partial charge < -0.3 is 28.7 Å². The van der Waals surface area contributed by atoms with Gasteiger partial charge in [-0.2, -0.15) is 0 Å². The van der Waals surface area contributed by atoms with Gasteiger partial charge in [0.15, 0.2) is 0 Å². The molecule has 7 rings (SSSR count). The highest BCUT2D eigenvalue weighted by Crippen LogP contribution is 2.26. The van der Waals surface area contributed by atoms with E-state index in [0.29, 0.717) is 24.7 Å². The zero-order valence-electron chi connectivity index (χ0n) is 28.1. The molecule has 50 heavy (non-hydrogen) atoms. The average molecular weight is 663 g/mol. The van der Waals surface area contributed by atoms with Crippen LogP contribution in [0.1, 0.15) is 22.3 Å². The van der Waals surface area contributed by atoms with Crippen molar-refractivity contribution < 1.29 is 18.9 Å². The van der Waals surface area contributed by atoms with E-state index in [9.17, 15) is 0 Å². The number of para-hydroxylation sites is 2. The minimum absolute atomic E-state index is 0.434. The van der Waals surface area contributed by atoms with E-state index < -0.39 is 12.6 Å². The van der Waals surface area contributed by atoms with Crippen molar-refractivity contribution in [2.45, 2.75) is 38.8 Å². The minimum Gasteiger partial charge on any atom is -0.458 e. The summed E-state index contributed by atoms with van der Waals surface area (Å²) in [7, 11) is 0. The normalized spacial score (nSPS) is 15.6. The summed E-state index contributed by atoms with van der Waals surface area (Å²) in [4.78, 5) is 4.75. The van der Waals surface area contributed by atoms with Crippen LogP contribution in [-0.2, 0) is 35.7 Å². The molecule has 2 atom stereocenters. The summed E-state index contributed by atoms with van der Waals surface area (Å²) >= 11 is 0. The van der Waals surface area contributed by atoms with Gasteiger partial charge in [0.25, 0.3) is 12.6 Å². The first-order valence-electron chi connectivity index (χ1n) is 17.2. The Hall–Kier alpha value is -5.56. The maximum atomic E-state index is 6.27. The quantitative estimate of drug-likeness (QED) is 0.116. The van der Waals surface area contributed by atoms with Gasteiger partial charge in [-0.3, -0.25) is 0 Å². The summed E-state index contributed by atoms with van der Waals surface area (Å²) < 4.78 is 24.5. The standard InChI is InChI=1S/C44H42N2O4/c1-5-13-35(14-6-1)31-45(39-17-9-3-10-18-39)33-37-21-25-41(26-22-37)49-43-44(48-30-29-47-43)50-42-27-23-38(24-28-42)34-46(40-19-11-4-12-20-40)32-36-15-7-2-8-16-36/h1-28,43-44H,29-34H2. The topological polar surface area (TPSA) is 43.4 Å². The molecule has 6 aromatic carbocycles. The van der Waals surface area contributed by atoms with E-state index in [1.807, 2.05) is 36.4 Å². The third-order valence-corrected chi connectivity index (χ3v) is 8.64. The Morgan fingerprint density at radius 1 is 0.380 bits per heavy atom. The van der Waals surface area contributed by atoms with Gasteiger partial charge in [-0.25, -0.2) is 0 Å². The van der Waals surface area contributed by atoms with Gasteiger partial charge in [0.2, 0.25) is 0 Å². The third-order valence-electron chi connectivity index (χ3n) is 8.64. The van der Waals surface area contributed by atoms with Crippen molar-refractivity contribution in [2.75, 3.05) is 23.0 Å². The van der Waals surface area contributed by atoms with Crippen molar-refractivity contribution in [1.29, 1.82) is 0 Å². The van der Waals surface area contributed by atoms with E-state index >= 15 is 0 Å². The Morgan fingerprint density at radius 2 is 0.680 bits per heavy atom. The predicted molar refractivity (Wildman–Crippen MR) is 199 cm³/mol. The SMILES string of the molecule is c1ccc(CN(Cc2ccc(OC3OCCOC3Oc3ccc(CN(Cc4ccccc4)c4ccccc4)cc3)cc2)c2ccccc2)cc1. The first-order valence-corrected chi connectivity index (χ1v) is 17.2. The number of nitrogens with zero attached hydrogens (tertiary/aromatic N) is 2. The molecule has 0 bridgehead atoms. The number of hydrogen-bond donors (Lipinski definition) is 0. The smallest absolute Gasteiger partial charge is 0.263 e. The number of ether oxygens (including phenoxy) is 4. The second-order valence-electron chi connectivity index (χ2n) is 12.4. The highest BCUT2D eigenvalue weighted by molar-refractivity contribution is 5.49. The molecule has 0 spiro atoms. The van der Waals surface area contributed by atoms with Gasteiger partial charge in [0.05, 0.1) is 13.2 Å². The van der Waals surface area contributed by atoms with E-state index in [2.05, 4.69) is 143 Å². The molecule has 0 N–H and O–H groups in total. The molecule has 1 fully saturated rings. The van der Waals surface area contributed by atoms with Crippen LogP contribution in [0.3, 0.4) is 0 Å². The van der Waals surface area contributed by atoms with Gasteiger partial charge in [-0.05, 0) is 70.8 Å². The van der Waals surface area contributed by atoms with E-state index in [4.69, 9.17) is 18.9 Å². The van der Waals surface area contributed by atoms with E-state index in [-0.39, 0.29) is 0 Å². The Labute approximate surface area is 295 Å². The first kappa shape index (κ1) is 33.0. The molecule has 2 unspecified atom stereocenters. The van der Waals surface area contributed by atoms with Crippen LogP contribution < -0.4 is 19.3 Å². The number of rotatable bonds is 14. The molecular formula is C44H42N2O4. The average Bonchev–Trinajstić information content (AvgIpc) is 3.18. The zero-order chi connectivity index (χ0) is 33.8. The molecule has 0 radical (unpaired) electrons. The molecule has 1 saturated heterocycles. The van der Waals surface area contributed by atoms with Crippen molar-refractivity contribution in [3.05, 3.63) is 192 Å². The Balaban J connectivity index is 0.975. The Morgan fingerprint density at radius 3 is 1.02 bits per heavy atom. The molecule has 6 nitrogen and oxygen atoms in total. The molecular weight excluding hydrogens is 620 g/mol. The molecule has 6 aromatic rings. The van der Waals surface area contributed by atoms with Crippen LogP contribution >= 0.6 is 0 Å². The van der Waals surface area contributed by atoms with E-state index in [0.717, 1.165) is 26.2 Å². The summed E-state index contributed by atoms with van der Waals surface area (Å²) in [6, 6.07) is 58.5. The van der Waals surface area contributed by atoms with Crippen LogP contribution in [0.5, 0.6) is 11.5 Å². The zero-order valence-corrected chi connectivity index (χ0v) is 28.1. The van der Waals surface area contributed by atoms with Gasteiger partial charge in [0, 0.05) is 37.6 Å². The van der Waals surface area contributed by atoms with E-state index in [1.165, 1.54) is 33.6 Å². The molecule has 0 aromatic heterocycles. The van der Waals surface area contributed by atoms with Gasteiger partial charge in [-0.15, -0.1) is 0 Å². The van der Waals surface area contributed by atoms with Crippen molar-refractivity contribution in [3.63, 3.8) is 0 Å². The maximum absolute atomic E-state index is 6.27. The summed E-state index contributed by atoms with van der Waals surface area (Å²) in [5.74, 6) is 1.39. The van der Waals surface area contributed by atoms with Crippen molar-refractivity contribution in [1.82, 2.24) is 0 Å². The third kappa shape index (κ3) is 9.11. The van der Waals surface area contributed by atoms with Crippen molar-refractivity contribution in [2.24, 2.45) is 0 Å². The van der Waals surface area contributed by atoms with Crippen LogP contribution in [0, 0.1) is 0 Å². The summed E-state index contributed by atoms with van der Waals surface area (Å²) in [6.45, 7) is 4.02. The monoisotopic (exact) mass is 662 g/mol. The van der Waals surface area contributed by atoms with Gasteiger partial charge in [0.1, 0.15) is 11.5 Å². The Bertz CT molecular complexity index is 1720. The lowest BCUT2D eigenvalue weighted by Crippen LogP contribution is -2.45. The van der Waals surface area contributed by atoms with Crippen molar-refractivity contribution in [3.8, 4) is 11.5 Å². The van der Waals surface area contributed by atoms with Crippen LogP contribution in [-0.4, -0.2) is 25.8 Å². The number of anilines is 2. The summed E-state index contributed by atoms with van der Waals surface area (Å²) in [6.07, 6.45) is -1.40. The van der Waals surface area contributed by atoms with Crippen LogP contribution in [0.4, 0.5) is 11.4 Å². The lowest BCUT2D eigenvalue weighted by atomic mass is 10.1. The molecule has 0 amide bonds. The lowest BCUT2D eigenvalue weighted by molar-refractivity contribution is -0.271. The number of hydrogen-bond acceptors (Lipinski definition) is 6. The highest BCUT2D eigenvalue weighted by Gasteiger charge is 2.31. The fourth-order valence-electron chi connectivity index (χ4n) is 6.08. The molecule has 0 saturated carbocycles. The molecule has 6 heteroatoms. The fourth-order valence-corrected chi connectivity index (χ4v) is 6.08. The maximum Gasteiger partial charge on any atom is 0.263 e. The lowest BCUT2D eigenvalue weighted by Gasteiger charge is -2.32. The van der Waals surface area contributed by atoms with Crippen LogP contribution in [0.15, 0.2) is 170 Å². The first-order chi connectivity index (χ1) is 24.7. The predicted octanol–water partition coefficient (Wildman–Crippen LogP) is 9.26. The summed E-state index contributed by atoms with van der Waals surface area (Å²) in [5.41, 5.74) is 7.25. The fraction of sp³-hybridized carbons (Fsp3) is 0.182. The second kappa shape index (κ2) is 16.7. The van der Waals surface area contributed by atoms with E-state index in [1.54, 1.807) is 0 Å². The largest absolute Gasteiger partial charge is 0.458 e. The molecule has 1 heterocycles. The molecule has 1 aliphatic heterocycles. The van der Waals surface area contributed by atoms with Crippen LogP contribution in [0.25, 0.3) is 0 Å². The van der Waals surface area contributed by atoms with Crippen LogP contribution in [0.2, 0.25) is 0 Å². The van der Waals surface area contributed by atoms with Crippen molar-refractivity contribution >= 4 is 11.4 Å². The molecule has 0 aliphatic carbocycles.